The minimum absolute atomic E-state index is 1.49. The molecule has 0 nitrogen and oxygen atoms in total. The van der Waals surface area contributed by atoms with E-state index < -0.39 is 18.2 Å². The summed E-state index contributed by atoms with van der Waals surface area (Å²) in [5.41, 5.74) is 2.97. The van der Waals surface area contributed by atoms with Gasteiger partial charge in [0, 0.05) is 0 Å². The van der Waals surface area contributed by atoms with Crippen LogP contribution >= 0.6 is 0 Å². The van der Waals surface area contributed by atoms with Gasteiger partial charge in [-0.15, -0.1) is 0 Å². The third-order valence-corrected chi connectivity index (χ3v) is 11.5. The average molecular weight is 310 g/mol. The molecular formula is C14H14Te. The summed E-state index contributed by atoms with van der Waals surface area (Å²) in [7, 11) is 0. The van der Waals surface area contributed by atoms with Gasteiger partial charge in [-0.25, -0.2) is 0 Å². The van der Waals surface area contributed by atoms with Crippen LogP contribution in [0.1, 0.15) is 0 Å². The van der Waals surface area contributed by atoms with E-state index >= 15 is 0 Å². The summed E-state index contributed by atoms with van der Waals surface area (Å²) >= 11 is -1.95. The molecule has 2 aromatic carbocycles. The van der Waals surface area contributed by atoms with Crippen molar-refractivity contribution in [2.24, 2.45) is 0 Å². The Bertz CT molecular complexity index is 479. The van der Waals surface area contributed by atoms with Gasteiger partial charge in [-0.05, 0) is 0 Å². The predicted octanol–water partition coefficient (Wildman–Crippen LogP) is 2.49. The summed E-state index contributed by atoms with van der Waals surface area (Å²) in [5, 5.41) is 0. The van der Waals surface area contributed by atoms with Crippen molar-refractivity contribution >= 4 is 25.4 Å². The van der Waals surface area contributed by atoms with Crippen molar-refractivity contribution < 1.29 is 0 Å². The Hall–Kier alpha value is -0.770. The van der Waals surface area contributed by atoms with E-state index in [0.29, 0.717) is 0 Å². The summed E-state index contributed by atoms with van der Waals surface area (Å²) in [5.74, 6) is 0. The van der Waals surface area contributed by atoms with E-state index in [2.05, 4.69) is 58.5 Å². The van der Waals surface area contributed by atoms with Gasteiger partial charge in [-0.1, -0.05) is 0 Å². The molecule has 0 bridgehead atoms. The summed E-state index contributed by atoms with van der Waals surface area (Å²) in [6.45, 7) is 0. The molecule has 0 atom stereocenters. The molecule has 0 unspecified atom stereocenters. The maximum absolute atomic E-state index is 2.49. The van der Waals surface area contributed by atoms with Crippen LogP contribution in [0.4, 0.5) is 0 Å². The monoisotopic (exact) mass is 312 g/mol. The quantitative estimate of drug-likeness (QED) is 0.656. The molecule has 0 fully saturated rings. The third-order valence-electron chi connectivity index (χ3n) is 3.16. The van der Waals surface area contributed by atoms with E-state index in [-0.39, 0.29) is 0 Å². The first kappa shape index (κ1) is 9.46. The Morgan fingerprint density at radius 1 is 0.667 bits per heavy atom. The van der Waals surface area contributed by atoms with Crippen molar-refractivity contribution in [2.45, 2.75) is 9.94 Å². The Labute approximate surface area is 94.8 Å². The molecule has 15 heavy (non-hydrogen) atoms. The van der Waals surface area contributed by atoms with Crippen LogP contribution in [0, 0.1) is 0 Å². The normalized spacial score (nSPS) is 18.0. The molecule has 1 aliphatic heterocycles. The van der Waals surface area contributed by atoms with Gasteiger partial charge in [-0.3, -0.25) is 0 Å². The van der Waals surface area contributed by atoms with Crippen molar-refractivity contribution in [3.05, 3.63) is 48.5 Å². The fraction of sp³-hybridized carbons (Fsp3) is 0.143. The molecule has 2 aromatic rings. The van der Waals surface area contributed by atoms with Gasteiger partial charge in [0.25, 0.3) is 0 Å². The van der Waals surface area contributed by atoms with Crippen LogP contribution in [0.2, 0.25) is 9.94 Å². The summed E-state index contributed by atoms with van der Waals surface area (Å²) in [4.78, 5) is 4.99. The molecular weight excluding hydrogens is 296 g/mol. The minimum atomic E-state index is -1.95. The van der Waals surface area contributed by atoms with Crippen LogP contribution in [0.5, 0.6) is 0 Å². The van der Waals surface area contributed by atoms with Gasteiger partial charge in [0.1, 0.15) is 0 Å². The van der Waals surface area contributed by atoms with Crippen molar-refractivity contribution in [1.82, 2.24) is 0 Å². The van der Waals surface area contributed by atoms with Gasteiger partial charge in [-0.2, -0.15) is 0 Å². The Kier molecular flexibility index (Phi) is 1.96. The zero-order valence-electron chi connectivity index (χ0n) is 9.03. The van der Waals surface area contributed by atoms with Crippen molar-refractivity contribution in [2.75, 3.05) is 0 Å². The Morgan fingerprint density at radius 3 is 1.53 bits per heavy atom. The second-order valence-electron chi connectivity index (χ2n) is 4.32. The SMILES string of the molecule is C[Te]1(C)c2ccccc2-c2ccccc21. The molecule has 0 aliphatic carbocycles. The van der Waals surface area contributed by atoms with Crippen molar-refractivity contribution in [1.29, 1.82) is 0 Å². The fourth-order valence-corrected chi connectivity index (χ4v) is 9.61. The summed E-state index contributed by atoms with van der Waals surface area (Å²) in [6.07, 6.45) is 0. The standard InChI is InChI=1S/C14H14Te/c1-15(2)13-9-5-3-7-11(13)12-8-4-6-10-14(12)15/h3-10H,1-2H3. The van der Waals surface area contributed by atoms with Gasteiger partial charge >= 0.3 is 95.0 Å². The first-order chi connectivity index (χ1) is 7.21. The molecule has 76 valence electrons. The van der Waals surface area contributed by atoms with Crippen LogP contribution in [0.25, 0.3) is 11.1 Å². The molecule has 0 radical (unpaired) electrons. The third kappa shape index (κ3) is 1.20. The summed E-state index contributed by atoms with van der Waals surface area (Å²) in [6, 6.07) is 17.9. The first-order valence-corrected chi connectivity index (χ1v) is 12.1. The summed E-state index contributed by atoms with van der Waals surface area (Å²) < 4.78 is 3.28. The van der Waals surface area contributed by atoms with E-state index in [1.807, 2.05) is 0 Å². The number of fused-ring (bicyclic) bond motifs is 3. The maximum atomic E-state index is 2.49. The van der Waals surface area contributed by atoms with Crippen molar-refractivity contribution in [3.63, 3.8) is 0 Å². The fourth-order valence-electron chi connectivity index (χ4n) is 2.39. The van der Waals surface area contributed by atoms with E-state index in [4.69, 9.17) is 0 Å². The van der Waals surface area contributed by atoms with Crippen molar-refractivity contribution in [3.8, 4) is 11.1 Å². The van der Waals surface area contributed by atoms with Crippen LogP contribution in [-0.4, -0.2) is 18.2 Å². The van der Waals surface area contributed by atoms with E-state index in [1.165, 1.54) is 11.1 Å². The number of benzene rings is 2. The molecule has 0 spiro atoms. The molecule has 0 amide bonds. The molecule has 0 aromatic heterocycles. The van der Waals surface area contributed by atoms with Gasteiger partial charge in [0.15, 0.2) is 0 Å². The molecule has 0 N–H and O–H groups in total. The van der Waals surface area contributed by atoms with E-state index in [1.54, 1.807) is 7.22 Å². The zero-order chi connectivity index (χ0) is 10.5. The van der Waals surface area contributed by atoms with Crippen LogP contribution in [-0.2, 0) is 0 Å². The second-order valence-corrected chi connectivity index (χ2v) is 14.4. The van der Waals surface area contributed by atoms with Crippen LogP contribution in [0.15, 0.2) is 48.5 Å². The topological polar surface area (TPSA) is 0 Å². The first-order valence-electron chi connectivity index (χ1n) is 5.13. The molecule has 1 heteroatoms. The van der Waals surface area contributed by atoms with Crippen LogP contribution < -0.4 is 7.22 Å². The molecule has 3 rings (SSSR count). The number of rotatable bonds is 0. The molecule has 0 saturated carbocycles. The van der Waals surface area contributed by atoms with Gasteiger partial charge < -0.3 is 0 Å². The molecule has 1 heterocycles. The average Bonchev–Trinajstić information content (AvgIpc) is 2.51. The Balaban J connectivity index is 2.42. The zero-order valence-corrected chi connectivity index (χ0v) is 11.4. The van der Waals surface area contributed by atoms with Crippen LogP contribution in [0.3, 0.4) is 0 Å². The number of hydrogen-bond donors (Lipinski definition) is 0. The molecule has 1 aliphatic rings. The van der Waals surface area contributed by atoms with Gasteiger partial charge in [0.2, 0.25) is 0 Å². The predicted molar refractivity (Wildman–Crippen MR) is 68.6 cm³/mol. The van der Waals surface area contributed by atoms with E-state index in [0.717, 1.165) is 0 Å². The van der Waals surface area contributed by atoms with E-state index in [9.17, 15) is 0 Å². The Morgan fingerprint density at radius 2 is 1.07 bits per heavy atom. The second kappa shape index (κ2) is 3.11. The molecule has 0 saturated heterocycles. The number of hydrogen-bond acceptors (Lipinski definition) is 0. The van der Waals surface area contributed by atoms with Gasteiger partial charge in [0.05, 0.1) is 0 Å².